The zero-order chi connectivity index (χ0) is 10.4. The van der Waals surface area contributed by atoms with Crippen LogP contribution < -0.4 is 10.6 Å². The molecule has 0 aromatic carbocycles. The van der Waals surface area contributed by atoms with Crippen LogP contribution in [0.4, 0.5) is 0 Å². The molecule has 1 fully saturated rings. The van der Waals surface area contributed by atoms with Gasteiger partial charge in [-0.2, -0.15) is 0 Å². The normalized spacial score (nSPS) is 20.4. The first-order valence-corrected chi connectivity index (χ1v) is 5.65. The highest BCUT2D eigenvalue weighted by atomic mass is 16.1. The van der Waals surface area contributed by atoms with Crippen LogP contribution in [0.25, 0.3) is 0 Å². The summed E-state index contributed by atoms with van der Waals surface area (Å²) in [4.78, 5) is 11.3. The van der Waals surface area contributed by atoms with Crippen molar-refractivity contribution < 1.29 is 4.79 Å². The third-order valence-corrected chi connectivity index (χ3v) is 3.27. The molecule has 1 unspecified atom stereocenters. The van der Waals surface area contributed by atoms with Gasteiger partial charge in [-0.05, 0) is 25.8 Å². The Kier molecular flexibility index (Phi) is 4.94. The van der Waals surface area contributed by atoms with E-state index in [1.165, 1.54) is 32.1 Å². The van der Waals surface area contributed by atoms with E-state index >= 15 is 0 Å². The summed E-state index contributed by atoms with van der Waals surface area (Å²) in [5.41, 5.74) is 0. The standard InChI is InChI=1S/C11H22N2O/c1-12-10(8-11(14)13-2)9-6-4-3-5-7-9/h9-10,12H,3-8H2,1-2H3,(H,13,14). The maximum Gasteiger partial charge on any atom is 0.221 e. The fraction of sp³-hybridized carbons (Fsp3) is 0.909. The molecule has 3 heteroatoms. The van der Waals surface area contributed by atoms with Crippen LogP contribution >= 0.6 is 0 Å². The van der Waals surface area contributed by atoms with Crippen molar-refractivity contribution in [3.8, 4) is 0 Å². The van der Waals surface area contributed by atoms with Crippen molar-refractivity contribution in [2.45, 2.75) is 44.6 Å². The molecule has 1 amide bonds. The van der Waals surface area contributed by atoms with Gasteiger partial charge < -0.3 is 10.6 Å². The first kappa shape index (κ1) is 11.5. The molecule has 2 N–H and O–H groups in total. The zero-order valence-corrected chi connectivity index (χ0v) is 9.31. The van der Waals surface area contributed by atoms with Gasteiger partial charge in [-0.15, -0.1) is 0 Å². The SMILES string of the molecule is CNC(=O)CC(NC)C1CCCCC1. The maximum atomic E-state index is 11.3. The molecule has 0 saturated heterocycles. The van der Waals surface area contributed by atoms with Crippen molar-refractivity contribution in [2.24, 2.45) is 5.92 Å². The number of rotatable bonds is 4. The van der Waals surface area contributed by atoms with Crippen LogP contribution in [0.5, 0.6) is 0 Å². The molecule has 3 nitrogen and oxygen atoms in total. The molecule has 82 valence electrons. The van der Waals surface area contributed by atoms with Gasteiger partial charge in [0, 0.05) is 19.5 Å². The summed E-state index contributed by atoms with van der Waals surface area (Å²) in [6.45, 7) is 0. The Balaban J connectivity index is 2.39. The number of carbonyl (C=O) groups is 1. The predicted molar refractivity (Wildman–Crippen MR) is 58.1 cm³/mol. The van der Waals surface area contributed by atoms with Crippen molar-refractivity contribution in [2.75, 3.05) is 14.1 Å². The largest absolute Gasteiger partial charge is 0.359 e. The molecule has 1 aliphatic carbocycles. The number of carbonyl (C=O) groups excluding carboxylic acids is 1. The molecule has 0 heterocycles. The van der Waals surface area contributed by atoms with Crippen LogP contribution in [-0.2, 0) is 4.79 Å². The Morgan fingerprint density at radius 1 is 1.29 bits per heavy atom. The van der Waals surface area contributed by atoms with Gasteiger partial charge in [0.1, 0.15) is 0 Å². The van der Waals surface area contributed by atoms with Crippen LogP contribution in [0.1, 0.15) is 38.5 Å². The van der Waals surface area contributed by atoms with E-state index in [1.807, 2.05) is 7.05 Å². The van der Waals surface area contributed by atoms with Crippen molar-refractivity contribution in [3.63, 3.8) is 0 Å². The van der Waals surface area contributed by atoms with E-state index in [9.17, 15) is 4.79 Å². The highest BCUT2D eigenvalue weighted by molar-refractivity contribution is 5.76. The van der Waals surface area contributed by atoms with Gasteiger partial charge in [-0.25, -0.2) is 0 Å². The molecule has 14 heavy (non-hydrogen) atoms. The van der Waals surface area contributed by atoms with E-state index in [2.05, 4.69) is 10.6 Å². The van der Waals surface area contributed by atoms with E-state index in [0.717, 1.165) is 0 Å². The lowest BCUT2D eigenvalue weighted by Crippen LogP contribution is -2.39. The smallest absolute Gasteiger partial charge is 0.221 e. The van der Waals surface area contributed by atoms with Gasteiger partial charge in [-0.1, -0.05) is 19.3 Å². The molecule has 0 radical (unpaired) electrons. The minimum atomic E-state index is 0.148. The molecular weight excluding hydrogens is 176 g/mol. The summed E-state index contributed by atoms with van der Waals surface area (Å²) >= 11 is 0. The lowest BCUT2D eigenvalue weighted by Gasteiger charge is -2.29. The number of hydrogen-bond acceptors (Lipinski definition) is 2. The molecule has 1 atom stereocenters. The lowest BCUT2D eigenvalue weighted by atomic mass is 9.82. The topological polar surface area (TPSA) is 41.1 Å². The van der Waals surface area contributed by atoms with Crippen molar-refractivity contribution in [3.05, 3.63) is 0 Å². The summed E-state index contributed by atoms with van der Waals surface area (Å²) in [6.07, 6.45) is 7.21. The fourth-order valence-corrected chi connectivity index (χ4v) is 2.34. The van der Waals surface area contributed by atoms with E-state index in [1.54, 1.807) is 7.05 Å². The molecule has 1 rings (SSSR count). The number of amides is 1. The molecule has 1 saturated carbocycles. The molecule has 0 bridgehead atoms. The van der Waals surface area contributed by atoms with Crippen LogP contribution in [-0.4, -0.2) is 26.0 Å². The second kappa shape index (κ2) is 6.02. The lowest BCUT2D eigenvalue weighted by molar-refractivity contribution is -0.121. The van der Waals surface area contributed by atoms with Gasteiger partial charge in [0.2, 0.25) is 5.91 Å². The van der Waals surface area contributed by atoms with Crippen LogP contribution in [0.3, 0.4) is 0 Å². The quantitative estimate of drug-likeness (QED) is 0.714. The first-order valence-electron chi connectivity index (χ1n) is 5.65. The molecule has 0 spiro atoms. The second-order valence-corrected chi connectivity index (χ2v) is 4.17. The number of nitrogens with one attached hydrogen (secondary N) is 2. The van der Waals surface area contributed by atoms with Crippen LogP contribution in [0.2, 0.25) is 0 Å². The van der Waals surface area contributed by atoms with E-state index in [4.69, 9.17) is 0 Å². The van der Waals surface area contributed by atoms with Gasteiger partial charge in [-0.3, -0.25) is 4.79 Å². The van der Waals surface area contributed by atoms with E-state index < -0.39 is 0 Å². The summed E-state index contributed by atoms with van der Waals surface area (Å²) in [6, 6.07) is 0.371. The minimum Gasteiger partial charge on any atom is -0.359 e. The predicted octanol–water partition coefficient (Wildman–Crippen LogP) is 1.29. The summed E-state index contributed by atoms with van der Waals surface area (Å²) < 4.78 is 0. The van der Waals surface area contributed by atoms with Gasteiger partial charge in [0.15, 0.2) is 0 Å². The second-order valence-electron chi connectivity index (χ2n) is 4.17. The number of hydrogen-bond donors (Lipinski definition) is 2. The monoisotopic (exact) mass is 198 g/mol. The Morgan fingerprint density at radius 2 is 1.93 bits per heavy atom. The van der Waals surface area contributed by atoms with Crippen LogP contribution in [0.15, 0.2) is 0 Å². The summed E-state index contributed by atoms with van der Waals surface area (Å²) in [5.74, 6) is 0.848. The Labute approximate surface area is 86.6 Å². The third-order valence-electron chi connectivity index (χ3n) is 3.27. The molecule has 1 aliphatic rings. The minimum absolute atomic E-state index is 0.148. The Morgan fingerprint density at radius 3 is 2.43 bits per heavy atom. The molecular formula is C11H22N2O. The van der Waals surface area contributed by atoms with Crippen molar-refractivity contribution in [1.82, 2.24) is 10.6 Å². The van der Waals surface area contributed by atoms with Gasteiger partial charge in [0.25, 0.3) is 0 Å². The molecule has 0 aromatic heterocycles. The Bertz CT molecular complexity index is 176. The van der Waals surface area contributed by atoms with Gasteiger partial charge in [0.05, 0.1) is 0 Å². The average molecular weight is 198 g/mol. The zero-order valence-electron chi connectivity index (χ0n) is 9.31. The highest BCUT2D eigenvalue weighted by Crippen LogP contribution is 2.27. The highest BCUT2D eigenvalue weighted by Gasteiger charge is 2.23. The maximum absolute atomic E-state index is 11.3. The van der Waals surface area contributed by atoms with E-state index in [0.29, 0.717) is 18.4 Å². The van der Waals surface area contributed by atoms with Crippen molar-refractivity contribution >= 4 is 5.91 Å². The summed E-state index contributed by atoms with van der Waals surface area (Å²) in [7, 11) is 3.66. The average Bonchev–Trinajstić information content (AvgIpc) is 2.26. The third kappa shape index (κ3) is 3.29. The molecule has 0 aromatic rings. The van der Waals surface area contributed by atoms with Crippen LogP contribution in [0, 0.1) is 5.92 Å². The van der Waals surface area contributed by atoms with E-state index in [-0.39, 0.29) is 5.91 Å². The van der Waals surface area contributed by atoms with Crippen molar-refractivity contribution in [1.29, 1.82) is 0 Å². The first-order chi connectivity index (χ1) is 6.77. The Hall–Kier alpha value is -0.570. The summed E-state index contributed by atoms with van der Waals surface area (Å²) in [5, 5.41) is 5.97. The molecule has 0 aliphatic heterocycles. The fourth-order valence-electron chi connectivity index (χ4n) is 2.34. The van der Waals surface area contributed by atoms with Gasteiger partial charge >= 0.3 is 0 Å².